The number of nitrogens with zero attached hydrogens (tertiary/aromatic N) is 3. The summed E-state index contributed by atoms with van der Waals surface area (Å²) in [5.74, 6) is 0. The molecule has 50 heavy (non-hydrogen) atoms. The van der Waals surface area contributed by atoms with Gasteiger partial charge in [0, 0.05) is 11.6 Å². The van der Waals surface area contributed by atoms with Gasteiger partial charge in [-0.05, 0) is 81.9 Å². The van der Waals surface area contributed by atoms with E-state index >= 15 is 0 Å². The molecular formula is C44H61FeN3P2. The molecule has 1 heterocycles. The van der Waals surface area contributed by atoms with Crippen LogP contribution < -0.4 is 10.7 Å². The van der Waals surface area contributed by atoms with Gasteiger partial charge in [0.15, 0.2) is 0 Å². The zero-order valence-electron chi connectivity index (χ0n) is 30.6. The number of rotatable bonds is 9. The van der Waals surface area contributed by atoms with Crippen molar-refractivity contribution in [3.8, 4) is 11.3 Å². The summed E-state index contributed by atoms with van der Waals surface area (Å²) < 4.78 is 2.51. The normalized spacial score (nSPS) is 20.7. The predicted molar refractivity (Wildman–Crippen MR) is 214 cm³/mol. The summed E-state index contributed by atoms with van der Waals surface area (Å²) in [5, 5.41) is 12.0. The molecule has 0 aliphatic heterocycles. The van der Waals surface area contributed by atoms with Crippen molar-refractivity contribution in [3.63, 3.8) is 0 Å². The smallest absolute Gasteiger partial charge is 0.250 e. The van der Waals surface area contributed by atoms with Gasteiger partial charge in [0.25, 0.3) is 0 Å². The van der Waals surface area contributed by atoms with Crippen molar-refractivity contribution < 1.29 is 17.1 Å². The van der Waals surface area contributed by atoms with Gasteiger partial charge in [0.2, 0.25) is 0 Å². The van der Waals surface area contributed by atoms with Gasteiger partial charge in [-0.25, -0.2) is 22.9 Å². The van der Waals surface area contributed by atoms with Crippen LogP contribution in [0.15, 0.2) is 78.9 Å². The van der Waals surface area contributed by atoms with Gasteiger partial charge in [-0.2, -0.15) is 35.9 Å². The molecule has 4 aromatic rings. The van der Waals surface area contributed by atoms with Gasteiger partial charge < -0.3 is 0 Å². The Bertz CT molecular complexity index is 1440. The molecule has 4 aliphatic carbocycles. The first-order chi connectivity index (χ1) is 24.3. The Hall–Kier alpha value is -1.56. The molecule has 0 radical (unpaired) electrons. The zero-order valence-corrected chi connectivity index (χ0v) is 33.5. The number of hydrogen-bond acceptors (Lipinski definition) is 2. The SMILES string of the molecule is C[C@@H](c1cc[cH-]c1P(C1CCCCC1)C1CCCCC1)n1nnc(-c2ccccc2)c1P(C1CCCCC1)C1CCCCC1.[Fe+2].c1cc[cH-]c1. The average Bonchev–Trinajstić information content (AvgIpc) is 3.99. The quantitative estimate of drug-likeness (QED) is 0.0969. The van der Waals surface area contributed by atoms with Crippen LogP contribution in [0.25, 0.3) is 11.3 Å². The van der Waals surface area contributed by atoms with Gasteiger partial charge >= 0.3 is 17.1 Å². The first-order valence-corrected chi connectivity index (χ1v) is 23.2. The van der Waals surface area contributed by atoms with E-state index in [4.69, 9.17) is 10.3 Å². The van der Waals surface area contributed by atoms with Crippen molar-refractivity contribution in [2.45, 2.75) is 164 Å². The minimum atomic E-state index is -0.335. The Morgan fingerprint density at radius 3 is 1.54 bits per heavy atom. The van der Waals surface area contributed by atoms with E-state index < -0.39 is 0 Å². The first-order valence-electron chi connectivity index (χ1n) is 20.3. The summed E-state index contributed by atoms with van der Waals surface area (Å²) in [6.45, 7) is 2.48. The second-order valence-corrected chi connectivity index (χ2v) is 21.0. The van der Waals surface area contributed by atoms with E-state index in [-0.39, 0.29) is 39.0 Å². The third kappa shape index (κ3) is 9.14. The summed E-state index contributed by atoms with van der Waals surface area (Å²) in [6, 6.07) is 28.8. The van der Waals surface area contributed by atoms with Crippen LogP contribution in [0, 0.1) is 0 Å². The molecular weight excluding hydrogens is 688 g/mol. The molecule has 0 saturated heterocycles. The summed E-state index contributed by atoms with van der Waals surface area (Å²) in [6.07, 6.45) is 28.7. The van der Waals surface area contributed by atoms with E-state index in [9.17, 15) is 0 Å². The van der Waals surface area contributed by atoms with Crippen LogP contribution in [0.4, 0.5) is 0 Å². The summed E-state index contributed by atoms with van der Waals surface area (Å²) in [7, 11) is -0.476. The Morgan fingerprint density at radius 1 is 0.600 bits per heavy atom. The van der Waals surface area contributed by atoms with Crippen LogP contribution in [0.1, 0.15) is 147 Å². The van der Waals surface area contributed by atoms with Gasteiger partial charge in [0.1, 0.15) is 5.69 Å². The average molecular weight is 750 g/mol. The van der Waals surface area contributed by atoms with Gasteiger partial charge in [0.05, 0.1) is 5.44 Å². The number of aromatic nitrogens is 3. The molecule has 4 aliphatic rings. The van der Waals surface area contributed by atoms with Gasteiger partial charge in [-0.1, -0.05) is 127 Å². The molecule has 1 aromatic heterocycles. The molecule has 0 bridgehead atoms. The molecule has 1 atom stereocenters. The minimum Gasteiger partial charge on any atom is -0.250 e. The molecule has 0 N–H and O–H groups in total. The Labute approximate surface area is 316 Å². The van der Waals surface area contributed by atoms with Crippen molar-refractivity contribution >= 4 is 26.6 Å². The van der Waals surface area contributed by atoms with E-state index in [1.807, 2.05) is 30.3 Å². The number of hydrogen-bond donors (Lipinski definition) is 0. The molecule has 270 valence electrons. The molecule has 0 unspecified atom stereocenters. The van der Waals surface area contributed by atoms with E-state index in [2.05, 4.69) is 60.1 Å². The molecule has 6 heteroatoms. The molecule has 4 fully saturated rings. The monoisotopic (exact) mass is 749 g/mol. The Kier molecular flexibility index (Phi) is 14.9. The van der Waals surface area contributed by atoms with Crippen molar-refractivity contribution in [1.82, 2.24) is 15.0 Å². The molecule has 8 rings (SSSR count). The van der Waals surface area contributed by atoms with Crippen molar-refractivity contribution in [1.29, 1.82) is 0 Å². The van der Waals surface area contributed by atoms with Gasteiger partial charge in [-0.15, -0.1) is 10.4 Å². The van der Waals surface area contributed by atoms with E-state index in [0.717, 1.165) is 22.6 Å². The second-order valence-electron chi connectivity index (χ2n) is 15.6. The summed E-state index contributed by atoms with van der Waals surface area (Å²) in [5.41, 5.74) is 9.11. The first kappa shape index (κ1) is 38.2. The molecule has 3 aromatic carbocycles. The van der Waals surface area contributed by atoms with Crippen molar-refractivity contribution in [2.75, 3.05) is 0 Å². The van der Waals surface area contributed by atoms with E-state index in [1.54, 1.807) is 16.3 Å². The van der Waals surface area contributed by atoms with Crippen LogP contribution in [0.2, 0.25) is 0 Å². The maximum absolute atomic E-state index is 5.17. The van der Waals surface area contributed by atoms with E-state index in [1.165, 1.54) is 140 Å². The van der Waals surface area contributed by atoms with Crippen LogP contribution >= 0.6 is 15.8 Å². The van der Waals surface area contributed by atoms with Crippen LogP contribution in [-0.2, 0) is 17.1 Å². The van der Waals surface area contributed by atoms with Gasteiger partial charge in [-0.3, -0.25) is 0 Å². The van der Waals surface area contributed by atoms with E-state index in [0.29, 0.717) is 0 Å². The van der Waals surface area contributed by atoms with Crippen LogP contribution in [-0.4, -0.2) is 37.6 Å². The zero-order chi connectivity index (χ0) is 33.3. The minimum absolute atomic E-state index is 0. The standard InChI is InChI=1S/C39H56N3P2.C5H5.Fe/c1-30(36-28-17-29-37(36)43(32-20-9-3-10-21-32)33-22-11-4-12-23-33)42-39(38(40-41-42)31-18-7-2-8-19-31)44(34-24-13-5-14-25-34)35-26-15-6-16-27-35;1-2-4-5-3-1;/h2,7-8,17-19,28-30,32-35H,3-6,9-16,20-27H2,1H3;1-5H;/q2*-1;+2/t30-;;/m0../s1. The van der Waals surface area contributed by atoms with Crippen molar-refractivity contribution in [2.24, 2.45) is 0 Å². The molecule has 0 amide bonds. The maximum Gasteiger partial charge on any atom is 2.00 e. The van der Waals surface area contributed by atoms with Crippen LogP contribution in [0.5, 0.6) is 0 Å². The fourth-order valence-corrected chi connectivity index (χ4v) is 17.9. The predicted octanol–water partition coefficient (Wildman–Crippen LogP) is 12.2. The third-order valence-electron chi connectivity index (χ3n) is 12.3. The summed E-state index contributed by atoms with van der Waals surface area (Å²) in [4.78, 5) is 0. The maximum atomic E-state index is 5.17. The topological polar surface area (TPSA) is 30.7 Å². The largest absolute Gasteiger partial charge is 2.00 e. The summed E-state index contributed by atoms with van der Waals surface area (Å²) >= 11 is 0. The van der Waals surface area contributed by atoms with Crippen molar-refractivity contribution in [3.05, 3.63) is 84.4 Å². The fourth-order valence-electron chi connectivity index (χ4n) is 9.81. The molecule has 3 nitrogen and oxygen atoms in total. The third-order valence-corrected chi connectivity index (χ3v) is 19.4. The fraction of sp³-hybridized carbons (Fsp3) is 0.591. The molecule has 0 spiro atoms. The van der Waals surface area contributed by atoms with Crippen LogP contribution in [0.3, 0.4) is 0 Å². The second kappa shape index (κ2) is 19.5. The number of benzene rings is 1. The molecule has 4 saturated carbocycles. The Morgan fingerprint density at radius 2 is 1.08 bits per heavy atom. The Balaban J connectivity index is 0.000000663.